The topological polar surface area (TPSA) is 26.3 Å². The van der Waals surface area contributed by atoms with E-state index < -0.39 is 0 Å². The van der Waals surface area contributed by atoms with E-state index in [1.807, 2.05) is 61.5 Å². The van der Waals surface area contributed by atoms with Crippen molar-refractivity contribution >= 4 is 28.0 Å². The first-order chi connectivity index (χ1) is 10.6. The molecule has 3 heteroatoms. The van der Waals surface area contributed by atoms with Gasteiger partial charge < -0.3 is 4.74 Å². The van der Waals surface area contributed by atoms with Crippen LogP contribution in [0.25, 0.3) is 6.08 Å². The quantitative estimate of drug-likeness (QED) is 0.539. The molecule has 0 aromatic heterocycles. The van der Waals surface area contributed by atoms with Crippen molar-refractivity contribution in [3.63, 3.8) is 0 Å². The zero-order chi connectivity index (χ0) is 15.9. The van der Waals surface area contributed by atoms with Gasteiger partial charge in [-0.15, -0.1) is 0 Å². The Morgan fingerprint density at radius 2 is 1.77 bits per heavy atom. The molecule has 0 aliphatic rings. The second-order valence-electron chi connectivity index (χ2n) is 4.87. The molecule has 2 aromatic rings. The minimum Gasteiger partial charge on any atom is -0.454 e. The Labute approximate surface area is 139 Å². The molecule has 1 unspecified atom stereocenters. The molecule has 0 saturated heterocycles. The fourth-order valence-corrected chi connectivity index (χ4v) is 2.06. The third-order valence-electron chi connectivity index (χ3n) is 3.18. The van der Waals surface area contributed by atoms with Gasteiger partial charge in [0.05, 0.1) is 5.56 Å². The first-order valence-electron chi connectivity index (χ1n) is 6.95. The number of halogens is 1. The van der Waals surface area contributed by atoms with E-state index in [2.05, 4.69) is 22.5 Å². The van der Waals surface area contributed by atoms with E-state index >= 15 is 0 Å². The van der Waals surface area contributed by atoms with E-state index in [-0.39, 0.29) is 12.1 Å². The van der Waals surface area contributed by atoms with Crippen LogP contribution in [0.5, 0.6) is 0 Å². The van der Waals surface area contributed by atoms with Crippen molar-refractivity contribution in [2.24, 2.45) is 0 Å². The largest absolute Gasteiger partial charge is 0.454 e. The average Bonchev–Trinajstić information content (AvgIpc) is 2.54. The van der Waals surface area contributed by atoms with Crippen LogP contribution in [-0.2, 0) is 4.74 Å². The lowest BCUT2D eigenvalue weighted by molar-refractivity contribution is 0.0412. The van der Waals surface area contributed by atoms with Gasteiger partial charge in [0.2, 0.25) is 0 Å². The van der Waals surface area contributed by atoms with Crippen molar-refractivity contribution in [1.82, 2.24) is 0 Å². The van der Waals surface area contributed by atoms with E-state index in [1.165, 1.54) is 0 Å². The van der Waals surface area contributed by atoms with Crippen LogP contribution in [-0.4, -0.2) is 12.1 Å². The van der Waals surface area contributed by atoms with Gasteiger partial charge in [-0.05, 0) is 42.3 Å². The summed E-state index contributed by atoms with van der Waals surface area (Å²) in [6.07, 6.45) is 3.44. The predicted octanol–water partition coefficient (Wildman–Crippen LogP) is 5.26. The maximum absolute atomic E-state index is 12.0. The van der Waals surface area contributed by atoms with E-state index in [9.17, 15) is 4.79 Å². The van der Waals surface area contributed by atoms with Gasteiger partial charge in [0.1, 0.15) is 6.10 Å². The third-order valence-corrected chi connectivity index (χ3v) is 3.70. The smallest absolute Gasteiger partial charge is 0.338 e. The van der Waals surface area contributed by atoms with Crippen LogP contribution in [0.1, 0.15) is 22.8 Å². The fourth-order valence-electron chi connectivity index (χ4n) is 1.79. The number of rotatable bonds is 5. The van der Waals surface area contributed by atoms with Gasteiger partial charge >= 0.3 is 5.97 Å². The molecule has 22 heavy (non-hydrogen) atoms. The standard InChI is InChI=1S/C19H17BrO2/c1-14(8-9-16-10-12-18(20)13-11-16)15(2)22-19(21)17-6-4-3-5-7-17/h3-13,15H,1H2,2H3/b9-8+. The summed E-state index contributed by atoms with van der Waals surface area (Å²) in [6.45, 7) is 5.78. The summed E-state index contributed by atoms with van der Waals surface area (Å²) in [4.78, 5) is 12.0. The molecule has 0 amide bonds. The Morgan fingerprint density at radius 3 is 2.41 bits per heavy atom. The average molecular weight is 357 g/mol. The van der Waals surface area contributed by atoms with Gasteiger partial charge in [-0.3, -0.25) is 0 Å². The third kappa shape index (κ3) is 4.71. The molecule has 0 radical (unpaired) electrons. The number of carbonyl (C=O) groups excluding carboxylic acids is 1. The van der Waals surface area contributed by atoms with Crippen molar-refractivity contribution in [2.75, 3.05) is 0 Å². The Balaban J connectivity index is 1.94. The van der Waals surface area contributed by atoms with E-state index in [0.717, 1.165) is 15.6 Å². The van der Waals surface area contributed by atoms with Gasteiger partial charge in [0.25, 0.3) is 0 Å². The lowest BCUT2D eigenvalue weighted by Gasteiger charge is -2.13. The Morgan fingerprint density at radius 1 is 1.14 bits per heavy atom. The fraction of sp³-hybridized carbons (Fsp3) is 0.105. The molecule has 2 rings (SSSR count). The number of carbonyl (C=O) groups is 1. The first kappa shape index (κ1) is 16.2. The predicted molar refractivity (Wildman–Crippen MR) is 93.6 cm³/mol. The van der Waals surface area contributed by atoms with E-state index in [0.29, 0.717) is 5.56 Å². The SMILES string of the molecule is C=C(/C=C/c1ccc(Br)cc1)C(C)OC(=O)c1ccccc1. The Kier molecular flexibility index (Phi) is 5.73. The molecule has 0 spiro atoms. The molecular weight excluding hydrogens is 340 g/mol. The minimum atomic E-state index is -0.376. The molecule has 0 bridgehead atoms. The summed E-state index contributed by atoms with van der Waals surface area (Å²) < 4.78 is 6.44. The molecule has 0 heterocycles. The van der Waals surface area contributed by atoms with Crippen LogP contribution >= 0.6 is 15.9 Å². The maximum Gasteiger partial charge on any atom is 0.338 e. The van der Waals surface area contributed by atoms with Gasteiger partial charge in [0, 0.05) is 4.47 Å². The lowest BCUT2D eigenvalue weighted by atomic mass is 10.1. The highest BCUT2D eigenvalue weighted by atomic mass is 79.9. The molecule has 1 atom stereocenters. The summed E-state index contributed by atoms with van der Waals surface area (Å²) in [5.41, 5.74) is 2.34. The second kappa shape index (κ2) is 7.76. The van der Waals surface area contributed by atoms with Crippen LogP contribution in [0.3, 0.4) is 0 Å². The molecule has 0 N–H and O–H groups in total. The summed E-state index contributed by atoms with van der Waals surface area (Å²) in [5.74, 6) is -0.341. The molecule has 0 aliphatic carbocycles. The summed E-state index contributed by atoms with van der Waals surface area (Å²) in [6, 6.07) is 16.9. The molecule has 0 aliphatic heterocycles. The monoisotopic (exact) mass is 356 g/mol. The minimum absolute atomic E-state index is 0.341. The van der Waals surface area contributed by atoms with Gasteiger partial charge in [-0.25, -0.2) is 4.79 Å². The highest BCUT2D eigenvalue weighted by Crippen LogP contribution is 2.14. The second-order valence-corrected chi connectivity index (χ2v) is 5.79. The molecule has 0 fully saturated rings. The number of hydrogen-bond donors (Lipinski definition) is 0. The lowest BCUT2D eigenvalue weighted by Crippen LogP contribution is -2.16. The normalized spacial score (nSPS) is 12.1. The van der Waals surface area contributed by atoms with Crippen LogP contribution in [0.2, 0.25) is 0 Å². The summed E-state index contributed by atoms with van der Waals surface area (Å²) >= 11 is 3.40. The van der Waals surface area contributed by atoms with Crippen molar-refractivity contribution < 1.29 is 9.53 Å². The highest BCUT2D eigenvalue weighted by molar-refractivity contribution is 9.10. The van der Waals surface area contributed by atoms with Crippen LogP contribution in [0.4, 0.5) is 0 Å². The summed E-state index contributed by atoms with van der Waals surface area (Å²) in [7, 11) is 0. The van der Waals surface area contributed by atoms with Gasteiger partial charge in [0.15, 0.2) is 0 Å². The number of benzene rings is 2. The molecule has 0 saturated carbocycles. The summed E-state index contributed by atoms with van der Waals surface area (Å²) in [5, 5.41) is 0. The first-order valence-corrected chi connectivity index (χ1v) is 7.74. The molecular formula is C19H17BrO2. The van der Waals surface area contributed by atoms with Crippen LogP contribution in [0.15, 0.2) is 77.3 Å². The maximum atomic E-state index is 12.0. The zero-order valence-electron chi connectivity index (χ0n) is 12.3. The van der Waals surface area contributed by atoms with E-state index in [1.54, 1.807) is 12.1 Å². The zero-order valence-corrected chi connectivity index (χ0v) is 13.9. The molecule has 112 valence electrons. The van der Waals surface area contributed by atoms with Crippen LogP contribution in [0, 0.1) is 0 Å². The van der Waals surface area contributed by atoms with Crippen molar-refractivity contribution in [1.29, 1.82) is 0 Å². The van der Waals surface area contributed by atoms with Crippen LogP contribution < -0.4 is 0 Å². The van der Waals surface area contributed by atoms with Gasteiger partial charge in [-0.2, -0.15) is 0 Å². The van der Waals surface area contributed by atoms with E-state index in [4.69, 9.17) is 4.74 Å². The number of esters is 1. The van der Waals surface area contributed by atoms with Crippen molar-refractivity contribution in [3.8, 4) is 0 Å². The molecule has 2 aromatic carbocycles. The highest BCUT2D eigenvalue weighted by Gasteiger charge is 2.12. The van der Waals surface area contributed by atoms with Crippen molar-refractivity contribution in [3.05, 3.63) is 88.4 Å². The van der Waals surface area contributed by atoms with Gasteiger partial charge in [-0.1, -0.05) is 65.0 Å². The Hall–Kier alpha value is -2.13. The Bertz CT molecular complexity index is 672. The number of ether oxygens (including phenoxy) is 1. The van der Waals surface area contributed by atoms with Crippen molar-refractivity contribution in [2.45, 2.75) is 13.0 Å². The number of hydrogen-bond acceptors (Lipinski definition) is 2. The molecule has 2 nitrogen and oxygen atoms in total.